The Kier molecular flexibility index (Phi) is 6.29. The zero-order valence-corrected chi connectivity index (χ0v) is 11.9. The predicted octanol–water partition coefficient (Wildman–Crippen LogP) is 1.88. The third-order valence-corrected chi connectivity index (χ3v) is 3.05. The van der Waals surface area contributed by atoms with Crippen molar-refractivity contribution in [1.29, 1.82) is 0 Å². The summed E-state index contributed by atoms with van der Waals surface area (Å²) in [4.78, 5) is 10.6. The Bertz CT molecular complexity index is 330. The van der Waals surface area contributed by atoms with Crippen LogP contribution in [0.25, 0.3) is 0 Å². The molecule has 0 radical (unpaired) electrons. The minimum absolute atomic E-state index is 0.697. The normalized spacial score (nSPS) is 10.9. The minimum atomic E-state index is 0.697. The van der Waals surface area contributed by atoms with Crippen LogP contribution >= 0.6 is 11.8 Å². The molecule has 1 heterocycles. The summed E-state index contributed by atoms with van der Waals surface area (Å²) in [6.07, 6.45) is 3.65. The highest BCUT2D eigenvalue weighted by Crippen LogP contribution is 2.15. The summed E-state index contributed by atoms with van der Waals surface area (Å²) in [7, 11) is 2.06. The van der Waals surface area contributed by atoms with Gasteiger partial charge in [0.2, 0.25) is 0 Å². The van der Waals surface area contributed by atoms with Gasteiger partial charge < -0.3 is 10.2 Å². The quantitative estimate of drug-likeness (QED) is 0.457. The van der Waals surface area contributed by atoms with Crippen LogP contribution in [-0.2, 0) is 0 Å². The molecule has 0 aromatic carbocycles. The second-order valence-electron chi connectivity index (χ2n) is 4.44. The van der Waals surface area contributed by atoms with Crippen LogP contribution in [0, 0.1) is 5.92 Å². The lowest BCUT2D eigenvalue weighted by Gasteiger charge is -2.18. The summed E-state index contributed by atoms with van der Waals surface area (Å²) in [5.74, 6) is 1.68. The maximum Gasteiger partial charge on any atom is 0.132 e. The van der Waals surface area contributed by atoms with E-state index in [9.17, 15) is 0 Å². The van der Waals surface area contributed by atoms with Crippen molar-refractivity contribution in [3.63, 3.8) is 0 Å². The van der Waals surface area contributed by atoms with Crippen LogP contribution in [0.4, 0.5) is 5.82 Å². The molecule has 1 N–H and O–H groups in total. The number of hydrogen-bond acceptors (Lipinski definition) is 5. The standard InChI is InChI=1S/C12H22N4S/c1-10(2)8-13-5-6-16(3)11-7-12(17-4)15-9-14-11/h7,9-10,13H,5-6,8H2,1-4H3. The fourth-order valence-electron chi connectivity index (χ4n) is 1.40. The molecule has 0 amide bonds. The zero-order valence-electron chi connectivity index (χ0n) is 11.1. The van der Waals surface area contributed by atoms with Crippen LogP contribution in [0.5, 0.6) is 0 Å². The van der Waals surface area contributed by atoms with Gasteiger partial charge in [0.15, 0.2) is 0 Å². The lowest BCUT2D eigenvalue weighted by Crippen LogP contribution is -2.31. The Hall–Kier alpha value is -0.810. The molecule has 0 aliphatic heterocycles. The third-order valence-electron chi connectivity index (χ3n) is 2.40. The molecule has 1 aromatic rings. The minimum Gasteiger partial charge on any atom is -0.358 e. The summed E-state index contributed by atoms with van der Waals surface area (Å²) >= 11 is 1.64. The van der Waals surface area contributed by atoms with Crippen LogP contribution in [0.2, 0.25) is 0 Å². The average Bonchev–Trinajstić information content (AvgIpc) is 2.34. The molecule has 0 saturated heterocycles. The molecule has 0 aliphatic carbocycles. The Labute approximate surface area is 108 Å². The maximum atomic E-state index is 4.27. The molecule has 0 fully saturated rings. The molecule has 0 bridgehead atoms. The van der Waals surface area contributed by atoms with Crippen molar-refractivity contribution < 1.29 is 0 Å². The first-order valence-corrected chi connectivity index (χ1v) is 7.14. The second kappa shape index (κ2) is 7.50. The van der Waals surface area contributed by atoms with Gasteiger partial charge >= 0.3 is 0 Å². The van der Waals surface area contributed by atoms with Gasteiger partial charge in [0.25, 0.3) is 0 Å². The third kappa shape index (κ3) is 5.37. The number of likely N-dealkylation sites (N-methyl/N-ethyl adjacent to an activating group) is 1. The van der Waals surface area contributed by atoms with E-state index in [0.717, 1.165) is 30.5 Å². The van der Waals surface area contributed by atoms with Gasteiger partial charge in [-0.05, 0) is 18.7 Å². The van der Waals surface area contributed by atoms with Crippen molar-refractivity contribution in [2.24, 2.45) is 5.92 Å². The van der Waals surface area contributed by atoms with E-state index in [4.69, 9.17) is 0 Å². The van der Waals surface area contributed by atoms with Crippen LogP contribution in [0.1, 0.15) is 13.8 Å². The summed E-state index contributed by atoms with van der Waals surface area (Å²) in [5.41, 5.74) is 0. The topological polar surface area (TPSA) is 41.0 Å². The van der Waals surface area contributed by atoms with E-state index in [2.05, 4.69) is 41.1 Å². The summed E-state index contributed by atoms with van der Waals surface area (Å²) in [6.45, 7) is 7.43. The van der Waals surface area contributed by atoms with Crippen molar-refractivity contribution in [3.8, 4) is 0 Å². The maximum absolute atomic E-state index is 4.27. The van der Waals surface area contributed by atoms with Crippen LogP contribution in [0.15, 0.2) is 17.4 Å². The fraction of sp³-hybridized carbons (Fsp3) is 0.667. The van der Waals surface area contributed by atoms with Crippen LogP contribution in [0.3, 0.4) is 0 Å². The smallest absolute Gasteiger partial charge is 0.132 e. The van der Waals surface area contributed by atoms with E-state index >= 15 is 0 Å². The highest BCUT2D eigenvalue weighted by molar-refractivity contribution is 7.98. The largest absolute Gasteiger partial charge is 0.358 e. The molecule has 5 heteroatoms. The van der Waals surface area contributed by atoms with Crippen molar-refractivity contribution in [2.45, 2.75) is 18.9 Å². The Balaban J connectivity index is 2.38. The highest BCUT2D eigenvalue weighted by Gasteiger charge is 2.03. The van der Waals surface area contributed by atoms with Gasteiger partial charge in [-0.15, -0.1) is 11.8 Å². The summed E-state index contributed by atoms with van der Waals surface area (Å²) in [6, 6.07) is 2.02. The molecule has 0 saturated carbocycles. The molecule has 17 heavy (non-hydrogen) atoms. The molecule has 96 valence electrons. The number of thioether (sulfide) groups is 1. The summed E-state index contributed by atoms with van der Waals surface area (Å²) in [5, 5.41) is 4.43. The van der Waals surface area contributed by atoms with E-state index in [1.807, 2.05) is 12.3 Å². The number of rotatable bonds is 7. The molecule has 0 spiro atoms. The molecule has 0 unspecified atom stereocenters. The first kappa shape index (κ1) is 14.3. The van der Waals surface area contributed by atoms with Gasteiger partial charge in [-0.3, -0.25) is 0 Å². The molecule has 0 atom stereocenters. The molecule has 1 rings (SSSR count). The molecular formula is C12H22N4S. The van der Waals surface area contributed by atoms with E-state index in [1.54, 1.807) is 18.1 Å². The van der Waals surface area contributed by atoms with Gasteiger partial charge in [-0.2, -0.15) is 0 Å². The lowest BCUT2D eigenvalue weighted by atomic mass is 10.2. The zero-order chi connectivity index (χ0) is 12.7. The Morgan fingerprint density at radius 1 is 1.41 bits per heavy atom. The molecule has 4 nitrogen and oxygen atoms in total. The highest BCUT2D eigenvalue weighted by atomic mass is 32.2. The Morgan fingerprint density at radius 2 is 2.18 bits per heavy atom. The average molecular weight is 254 g/mol. The molecular weight excluding hydrogens is 232 g/mol. The van der Waals surface area contributed by atoms with Crippen molar-refractivity contribution >= 4 is 17.6 Å². The van der Waals surface area contributed by atoms with Gasteiger partial charge in [0, 0.05) is 26.2 Å². The monoisotopic (exact) mass is 254 g/mol. The first-order chi connectivity index (χ1) is 8.13. The van der Waals surface area contributed by atoms with E-state index in [0.29, 0.717) is 5.92 Å². The van der Waals surface area contributed by atoms with Crippen molar-refractivity contribution in [1.82, 2.24) is 15.3 Å². The van der Waals surface area contributed by atoms with Gasteiger partial charge in [0.1, 0.15) is 17.2 Å². The number of aromatic nitrogens is 2. The molecule has 1 aromatic heterocycles. The number of anilines is 1. The van der Waals surface area contributed by atoms with Gasteiger partial charge in [-0.25, -0.2) is 9.97 Å². The van der Waals surface area contributed by atoms with E-state index < -0.39 is 0 Å². The van der Waals surface area contributed by atoms with Crippen molar-refractivity contribution in [3.05, 3.63) is 12.4 Å². The molecule has 0 aliphatic rings. The number of nitrogens with one attached hydrogen (secondary N) is 1. The second-order valence-corrected chi connectivity index (χ2v) is 5.26. The number of hydrogen-bond donors (Lipinski definition) is 1. The van der Waals surface area contributed by atoms with E-state index in [1.165, 1.54) is 0 Å². The SMILES string of the molecule is CSc1cc(N(C)CCNCC(C)C)ncn1. The van der Waals surface area contributed by atoms with E-state index in [-0.39, 0.29) is 0 Å². The van der Waals surface area contributed by atoms with Gasteiger partial charge in [-0.1, -0.05) is 13.8 Å². The Morgan fingerprint density at radius 3 is 2.82 bits per heavy atom. The summed E-state index contributed by atoms with van der Waals surface area (Å²) < 4.78 is 0. The number of nitrogens with zero attached hydrogens (tertiary/aromatic N) is 3. The van der Waals surface area contributed by atoms with Gasteiger partial charge in [0.05, 0.1) is 0 Å². The fourth-order valence-corrected chi connectivity index (χ4v) is 1.78. The van der Waals surface area contributed by atoms with Crippen molar-refractivity contribution in [2.75, 3.05) is 37.8 Å². The predicted molar refractivity (Wildman–Crippen MR) is 74.8 cm³/mol. The van der Waals surface area contributed by atoms with Crippen LogP contribution in [-0.4, -0.2) is 42.9 Å². The first-order valence-electron chi connectivity index (χ1n) is 5.91. The van der Waals surface area contributed by atoms with Crippen LogP contribution < -0.4 is 10.2 Å². The lowest BCUT2D eigenvalue weighted by molar-refractivity contribution is 0.553.